The van der Waals surface area contributed by atoms with Crippen LogP contribution in [0.5, 0.6) is 0 Å². The first-order valence-corrected chi connectivity index (χ1v) is 5.89. The number of benzene rings is 1. The summed E-state index contributed by atoms with van der Waals surface area (Å²) in [6.45, 7) is 2.10. The van der Waals surface area contributed by atoms with Gasteiger partial charge in [0, 0.05) is 18.2 Å². The van der Waals surface area contributed by atoms with Crippen molar-refractivity contribution in [3.8, 4) is 0 Å². The van der Waals surface area contributed by atoms with Gasteiger partial charge in [0.15, 0.2) is 0 Å². The average molecular weight is 273 g/mol. The van der Waals surface area contributed by atoms with Crippen LogP contribution < -0.4 is 11.1 Å². The Morgan fingerprint density at radius 3 is 2.72 bits per heavy atom. The van der Waals surface area contributed by atoms with Crippen LogP contribution in [-0.2, 0) is 0 Å². The minimum atomic E-state index is -0.292. The van der Waals surface area contributed by atoms with E-state index in [4.69, 9.17) is 5.73 Å². The van der Waals surface area contributed by atoms with Gasteiger partial charge in [-0.2, -0.15) is 0 Å². The van der Waals surface area contributed by atoms with E-state index >= 15 is 0 Å². The Labute approximate surface area is 112 Å². The molecule has 1 unspecified atom stereocenters. The zero-order valence-electron chi connectivity index (χ0n) is 10.3. The van der Waals surface area contributed by atoms with Crippen molar-refractivity contribution < 1.29 is 9.18 Å². The predicted molar refractivity (Wildman–Crippen MR) is 71.4 cm³/mol. The number of aryl methyl sites for hydroxylation is 1. The monoisotopic (exact) mass is 272 g/mol. The normalized spacial score (nSPS) is 15.7. The maximum Gasteiger partial charge on any atom is 0.251 e. The fraction of sp³-hybridized carbons (Fsp3) is 0.462. The van der Waals surface area contributed by atoms with Crippen LogP contribution >= 0.6 is 12.4 Å². The van der Waals surface area contributed by atoms with Crippen LogP contribution in [0, 0.1) is 18.7 Å². The Bertz CT molecular complexity index is 435. The van der Waals surface area contributed by atoms with Crippen LogP contribution in [0.4, 0.5) is 4.39 Å². The van der Waals surface area contributed by atoms with Crippen molar-refractivity contribution in [2.45, 2.75) is 25.8 Å². The summed E-state index contributed by atoms with van der Waals surface area (Å²) in [5, 5.41) is 2.91. The highest BCUT2D eigenvalue weighted by molar-refractivity contribution is 5.94. The molecule has 1 aromatic rings. The van der Waals surface area contributed by atoms with E-state index in [1.165, 1.54) is 12.1 Å². The van der Waals surface area contributed by atoms with Crippen molar-refractivity contribution >= 4 is 18.3 Å². The maximum absolute atomic E-state index is 13.1. The molecule has 0 aromatic heterocycles. The third-order valence-corrected chi connectivity index (χ3v) is 3.18. The minimum absolute atomic E-state index is 0. The lowest BCUT2D eigenvalue weighted by molar-refractivity contribution is 0.0933. The van der Waals surface area contributed by atoms with Gasteiger partial charge >= 0.3 is 0 Å². The van der Waals surface area contributed by atoms with E-state index < -0.39 is 0 Å². The molecule has 1 aliphatic rings. The Kier molecular flexibility index (Phi) is 5.11. The summed E-state index contributed by atoms with van der Waals surface area (Å²) < 4.78 is 13.1. The van der Waals surface area contributed by atoms with Gasteiger partial charge in [0.1, 0.15) is 5.82 Å². The molecule has 5 heteroatoms. The number of rotatable bonds is 4. The zero-order chi connectivity index (χ0) is 12.4. The van der Waals surface area contributed by atoms with Crippen molar-refractivity contribution in [2.75, 3.05) is 6.54 Å². The van der Waals surface area contributed by atoms with E-state index in [1.54, 1.807) is 13.0 Å². The van der Waals surface area contributed by atoms with Crippen LogP contribution in [-0.4, -0.2) is 18.5 Å². The fourth-order valence-corrected chi connectivity index (χ4v) is 1.91. The van der Waals surface area contributed by atoms with Gasteiger partial charge in [-0.25, -0.2) is 4.39 Å². The lowest BCUT2D eigenvalue weighted by Gasteiger charge is -2.16. The SMILES string of the molecule is Cc1cc(C(=O)NC(CN)C2CC2)ccc1F.Cl. The molecule has 0 aliphatic heterocycles. The van der Waals surface area contributed by atoms with Crippen LogP contribution in [0.25, 0.3) is 0 Å². The number of nitrogens with one attached hydrogen (secondary N) is 1. The summed E-state index contributed by atoms with van der Waals surface area (Å²) in [6.07, 6.45) is 2.26. The number of hydrogen-bond acceptors (Lipinski definition) is 2. The highest BCUT2D eigenvalue weighted by Crippen LogP contribution is 2.32. The lowest BCUT2D eigenvalue weighted by Crippen LogP contribution is -2.41. The first-order valence-electron chi connectivity index (χ1n) is 5.89. The summed E-state index contributed by atoms with van der Waals surface area (Å²) in [7, 11) is 0. The Hall–Kier alpha value is -1.13. The largest absolute Gasteiger partial charge is 0.348 e. The number of nitrogens with two attached hydrogens (primary N) is 1. The summed E-state index contributed by atoms with van der Waals surface area (Å²) in [5.41, 5.74) is 6.59. The van der Waals surface area contributed by atoms with Crippen molar-refractivity contribution in [2.24, 2.45) is 11.7 Å². The molecule has 1 atom stereocenters. The first-order chi connectivity index (χ1) is 8.11. The molecule has 0 radical (unpaired) electrons. The Balaban J connectivity index is 0.00000162. The lowest BCUT2D eigenvalue weighted by atomic mass is 10.1. The van der Waals surface area contributed by atoms with Gasteiger partial charge in [-0.15, -0.1) is 12.4 Å². The van der Waals surface area contributed by atoms with E-state index in [-0.39, 0.29) is 30.2 Å². The smallest absolute Gasteiger partial charge is 0.251 e. The molecule has 3 N–H and O–H groups in total. The topological polar surface area (TPSA) is 55.1 Å². The van der Waals surface area contributed by atoms with Crippen molar-refractivity contribution in [1.82, 2.24) is 5.32 Å². The fourth-order valence-electron chi connectivity index (χ4n) is 1.91. The van der Waals surface area contributed by atoms with Gasteiger partial charge < -0.3 is 11.1 Å². The molecule has 0 bridgehead atoms. The first kappa shape index (κ1) is 14.9. The molecule has 1 fully saturated rings. The van der Waals surface area contributed by atoms with Gasteiger partial charge in [-0.3, -0.25) is 4.79 Å². The second kappa shape index (κ2) is 6.16. The highest BCUT2D eigenvalue weighted by atomic mass is 35.5. The quantitative estimate of drug-likeness (QED) is 0.881. The number of halogens is 2. The van der Waals surface area contributed by atoms with Gasteiger partial charge in [0.25, 0.3) is 5.91 Å². The maximum atomic E-state index is 13.1. The van der Waals surface area contributed by atoms with Crippen LogP contribution in [0.1, 0.15) is 28.8 Å². The summed E-state index contributed by atoms with van der Waals surface area (Å²) in [4.78, 5) is 11.9. The van der Waals surface area contributed by atoms with Crippen molar-refractivity contribution in [3.63, 3.8) is 0 Å². The molecule has 100 valence electrons. The van der Waals surface area contributed by atoms with E-state index in [2.05, 4.69) is 5.32 Å². The molecule has 3 nitrogen and oxygen atoms in total. The minimum Gasteiger partial charge on any atom is -0.348 e. The van der Waals surface area contributed by atoms with Gasteiger partial charge in [-0.05, 0) is 49.4 Å². The van der Waals surface area contributed by atoms with Gasteiger partial charge in [-0.1, -0.05) is 0 Å². The molecular formula is C13H18ClFN2O. The molecule has 1 saturated carbocycles. The standard InChI is InChI=1S/C13H17FN2O.ClH/c1-8-6-10(4-5-11(8)14)13(17)16-12(7-15)9-2-3-9;/h4-6,9,12H,2-3,7,15H2,1H3,(H,16,17);1H. The van der Waals surface area contributed by atoms with Gasteiger partial charge in [0.05, 0.1) is 0 Å². The molecular weight excluding hydrogens is 255 g/mol. The third kappa shape index (κ3) is 3.43. The van der Waals surface area contributed by atoms with Crippen molar-refractivity contribution in [3.05, 3.63) is 35.1 Å². The zero-order valence-corrected chi connectivity index (χ0v) is 11.1. The molecule has 1 amide bonds. The highest BCUT2D eigenvalue weighted by Gasteiger charge is 2.31. The molecule has 0 heterocycles. The molecule has 1 aromatic carbocycles. The van der Waals surface area contributed by atoms with E-state index in [9.17, 15) is 9.18 Å². The number of amides is 1. The van der Waals surface area contributed by atoms with E-state index in [1.807, 2.05) is 0 Å². The second-order valence-corrected chi connectivity index (χ2v) is 4.62. The average Bonchev–Trinajstić information content (AvgIpc) is 3.13. The summed E-state index contributed by atoms with van der Waals surface area (Å²) >= 11 is 0. The van der Waals surface area contributed by atoms with E-state index in [0.717, 1.165) is 12.8 Å². The number of hydrogen-bond donors (Lipinski definition) is 2. The Morgan fingerprint density at radius 1 is 1.56 bits per heavy atom. The molecule has 0 saturated heterocycles. The molecule has 2 rings (SSSR count). The van der Waals surface area contributed by atoms with Crippen LogP contribution in [0.2, 0.25) is 0 Å². The molecule has 0 spiro atoms. The molecule has 1 aliphatic carbocycles. The van der Waals surface area contributed by atoms with Crippen LogP contribution in [0.15, 0.2) is 18.2 Å². The van der Waals surface area contributed by atoms with E-state index in [0.29, 0.717) is 23.6 Å². The van der Waals surface area contributed by atoms with Crippen LogP contribution in [0.3, 0.4) is 0 Å². The number of carbonyl (C=O) groups is 1. The number of carbonyl (C=O) groups excluding carboxylic acids is 1. The second-order valence-electron chi connectivity index (χ2n) is 4.62. The third-order valence-electron chi connectivity index (χ3n) is 3.18. The summed E-state index contributed by atoms with van der Waals surface area (Å²) in [5.74, 6) is 0.0556. The van der Waals surface area contributed by atoms with Gasteiger partial charge in [0.2, 0.25) is 0 Å². The van der Waals surface area contributed by atoms with Crippen molar-refractivity contribution in [1.29, 1.82) is 0 Å². The summed E-state index contributed by atoms with van der Waals surface area (Å²) in [6, 6.07) is 4.43. The predicted octanol–water partition coefficient (Wildman–Crippen LogP) is 2.02. The molecule has 18 heavy (non-hydrogen) atoms. The Morgan fingerprint density at radius 2 is 2.22 bits per heavy atom.